The molecule has 23 heavy (non-hydrogen) atoms. The summed E-state index contributed by atoms with van der Waals surface area (Å²) in [6, 6.07) is -14.8. The Balaban J connectivity index is 3.91. The van der Waals surface area contributed by atoms with Crippen LogP contribution in [0.15, 0.2) is 0 Å². The summed E-state index contributed by atoms with van der Waals surface area (Å²) in [6.45, 7) is -3.42. The van der Waals surface area contributed by atoms with Crippen LogP contribution in [0.4, 0.5) is 61.5 Å². The molecule has 1 aliphatic rings. The lowest BCUT2D eigenvalue weighted by atomic mass is 9.90. The number of hydrogen-bond acceptors (Lipinski definition) is 1. The molecular weight excluding hydrogens is 376 g/mol. The summed E-state index contributed by atoms with van der Waals surface area (Å²) >= 11 is 0. The van der Waals surface area contributed by atoms with Crippen molar-refractivity contribution in [1.82, 2.24) is 4.90 Å². The van der Waals surface area contributed by atoms with Gasteiger partial charge in [0.2, 0.25) is 0 Å². The molecule has 0 radical (unpaired) electrons. The van der Waals surface area contributed by atoms with E-state index in [4.69, 9.17) is 0 Å². The van der Waals surface area contributed by atoms with Gasteiger partial charge >= 0.3 is 36.2 Å². The van der Waals surface area contributed by atoms with Crippen LogP contribution in [0, 0.1) is 5.92 Å². The molecule has 1 atom stereocenters. The van der Waals surface area contributed by atoms with Crippen LogP contribution in [-0.4, -0.2) is 47.7 Å². The fourth-order valence-corrected chi connectivity index (χ4v) is 1.83. The highest BCUT2D eigenvalue weighted by molar-refractivity contribution is 5.12. The Morgan fingerprint density at radius 1 is 0.696 bits per heavy atom. The van der Waals surface area contributed by atoms with Gasteiger partial charge in [0.1, 0.15) is 12.6 Å². The third kappa shape index (κ3) is 2.25. The van der Waals surface area contributed by atoms with E-state index >= 15 is 0 Å². The number of halogens is 14. The lowest BCUT2D eigenvalue weighted by molar-refractivity contribution is -0.465. The molecule has 0 aromatic heterocycles. The first kappa shape index (κ1) is 20.0. The Hall–Kier alpha value is -1.02. The Morgan fingerprint density at radius 2 is 1.09 bits per heavy atom. The fraction of sp³-hybridized carbons (Fsp3) is 1.00. The van der Waals surface area contributed by atoms with Crippen molar-refractivity contribution in [3.05, 3.63) is 0 Å². The number of hydrogen-bond donors (Lipinski definition) is 0. The molecule has 0 spiro atoms. The summed E-state index contributed by atoms with van der Waals surface area (Å²) in [5, 5.41) is 0. The van der Waals surface area contributed by atoms with Crippen molar-refractivity contribution in [2.45, 2.75) is 36.2 Å². The molecule has 0 aliphatic carbocycles. The third-order valence-electron chi connectivity index (χ3n) is 3.04. The van der Waals surface area contributed by atoms with Crippen LogP contribution in [0.1, 0.15) is 0 Å². The van der Waals surface area contributed by atoms with Crippen molar-refractivity contribution in [3.63, 3.8) is 0 Å². The molecule has 15 heteroatoms. The van der Waals surface area contributed by atoms with E-state index in [-0.39, 0.29) is 0 Å². The van der Waals surface area contributed by atoms with E-state index in [0.29, 0.717) is 0 Å². The molecule has 0 aromatic carbocycles. The number of nitrogens with zero attached hydrogens (tertiary/aromatic N) is 1. The SMILES string of the molecule is FCC1C(F)(F)C(F)(F)N(C(F)(F)F)C(F)(F)C(F)(F)C1(F)F. The summed E-state index contributed by atoms with van der Waals surface area (Å²) in [7, 11) is 0. The highest BCUT2D eigenvalue weighted by Gasteiger charge is 2.91. The second-order valence-corrected chi connectivity index (χ2v) is 4.41. The van der Waals surface area contributed by atoms with Crippen LogP contribution in [0.5, 0.6) is 0 Å². The fourth-order valence-electron chi connectivity index (χ4n) is 1.83. The maximum atomic E-state index is 13.2. The Bertz CT molecular complexity index is 464. The monoisotopic (exact) mass is 379 g/mol. The van der Waals surface area contributed by atoms with Crippen LogP contribution >= 0.6 is 0 Å². The van der Waals surface area contributed by atoms with Gasteiger partial charge in [-0.1, -0.05) is 4.90 Å². The zero-order valence-electron chi connectivity index (χ0n) is 10.0. The molecule has 0 N–H and O–H groups in total. The summed E-state index contributed by atoms with van der Waals surface area (Å²) in [6.07, 6.45) is -7.29. The van der Waals surface area contributed by atoms with Gasteiger partial charge in [0, 0.05) is 0 Å². The molecule has 1 nitrogen and oxygen atoms in total. The van der Waals surface area contributed by atoms with E-state index in [1.807, 2.05) is 0 Å². The van der Waals surface area contributed by atoms with E-state index in [1.165, 1.54) is 0 Å². The Kier molecular flexibility index (Phi) is 4.14. The van der Waals surface area contributed by atoms with Gasteiger partial charge in [-0.2, -0.15) is 57.1 Å². The summed E-state index contributed by atoms with van der Waals surface area (Å²) in [4.78, 5) is -3.98. The molecule has 0 aromatic rings. The minimum absolute atomic E-state index is 3.42. The summed E-state index contributed by atoms with van der Waals surface area (Å²) in [5.41, 5.74) is 0. The number of alkyl halides is 14. The van der Waals surface area contributed by atoms with Gasteiger partial charge in [0.05, 0.1) is 0 Å². The first-order chi connectivity index (χ1) is 9.81. The third-order valence-corrected chi connectivity index (χ3v) is 3.04. The smallest absolute Gasteiger partial charge is 0.250 e. The molecule has 1 fully saturated rings. The average molecular weight is 379 g/mol. The molecule has 1 saturated heterocycles. The van der Waals surface area contributed by atoms with Crippen LogP contribution in [0.3, 0.4) is 0 Å². The highest BCUT2D eigenvalue weighted by Crippen LogP contribution is 2.64. The normalized spacial score (nSPS) is 32.3. The summed E-state index contributed by atoms with van der Waals surface area (Å²) < 4.78 is 180. The topological polar surface area (TPSA) is 3.24 Å². The first-order valence-electron chi connectivity index (χ1n) is 5.13. The van der Waals surface area contributed by atoms with Crippen LogP contribution in [0.2, 0.25) is 0 Å². The predicted molar refractivity (Wildman–Crippen MR) is 42.1 cm³/mol. The maximum Gasteiger partial charge on any atom is 0.469 e. The lowest BCUT2D eigenvalue weighted by Crippen LogP contribution is -2.69. The molecular formula is C8H3F14N. The standard InChI is InChI=1S/C8H3F14N/c9-1-2-3(10,11)5(14,15)7(18,19)23(8(20,21)22)6(16,17)4(2,12)13/h2H,1H2. The van der Waals surface area contributed by atoms with E-state index < -0.39 is 53.7 Å². The maximum absolute atomic E-state index is 13.2. The second-order valence-electron chi connectivity index (χ2n) is 4.41. The Labute approximate surface area is 116 Å². The van der Waals surface area contributed by atoms with Gasteiger partial charge in [0.25, 0.3) is 0 Å². The quantitative estimate of drug-likeness (QED) is 0.479. The zero-order chi connectivity index (χ0) is 18.9. The second kappa shape index (κ2) is 4.75. The highest BCUT2D eigenvalue weighted by atomic mass is 19.4. The van der Waals surface area contributed by atoms with Crippen molar-refractivity contribution >= 4 is 0 Å². The van der Waals surface area contributed by atoms with E-state index in [1.54, 1.807) is 0 Å². The molecule has 1 unspecified atom stereocenters. The van der Waals surface area contributed by atoms with Crippen molar-refractivity contribution in [2.24, 2.45) is 5.92 Å². The number of rotatable bonds is 1. The van der Waals surface area contributed by atoms with Crippen molar-refractivity contribution < 1.29 is 61.5 Å². The first-order valence-corrected chi connectivity index (χ1v) is 5.13. The van der Waals surface area contributed by atoms with Crippen molar-refractivity contribution in [1.29, 1.82) is 0 Å². The Morgan fingerprint density at radius 3 is 1.39 bits per heavy atom. The van der Waals surface area contributed by atoms with Gasteiger partial charge in [-0.05, 0) is 0 Å². The minimum atomic E-state index is -7.51. The van der Waals surface area contributed by atoms with Crippen molar-refractivity contribution in [2.75, 3.05) is 6.67 Å². The minimum Gasteiger partial charge on any atom is -0.250 e. The van der Waals surface area contributed by atoms with Crippen LogP contribution in [-0.2, 0) is 0 Å². The number of likely N-dealkylation sites (tertiary alicyclic amines) is 1. The van der Waals surface area contributed by atoms with E-state index in [9.17, 15) is 61.5 Å². The predicted octanol–water partition coefficient (Wildman–Crippen LogP) is 4.50. The molecule has 138 valence electrons. The van der Waals surface area contributed by atoms with Gasteiger partial charge in [0.15, 0.2) is 0 Å². The molecule has 1 rings (SSSR count). The van der Waals surface area contributed by atoms with Crippen molar-refractivity contribution in [3.8, 4) is 0 Å². The van der Waals surface area contributed by atoms with Gasteiger partial charge in [-0.25, -0.2) is 0 Å². The van der Waals surface area contributed by atoms with Gasteiger partial charge in [-0.3, -0.25) is 4.39 Å². The largest absolute Gasteiger partial charge is 0.469 e. The summed E-state index contributed by atoms with van der Waals surface area (Å²) in [5.74, 6) is -26.4. The molecule has 1 aliphatic heterocycles. The molecule has 0 amide bonds. The molecule has 0 bridgehead atoms. The van der Waals surface area contributed by atoms with Gasteiger partial charge < -0.3 is 0 Å². The van der Waals surface area contributed by atoms with Crippen LogP contribution in [0.25, 0.3) is 0 Å². The van der Waals surface area contributed by atoms with E-state index in [2.05, 4.69) is 0 Å². The molecule has 1 heterocycles. The average Bonchev–Trinajstić information content (AvgIpc) is 2.25. The lowest BCUT2D eigenvalue weighted by Gasteiger charge is -2.39. The van der Waals surface area contributed by atoms with Crippen LogP contribution < -0.4 is 0 Å². The zero-order valence-corrected chi connectivity index (χ0v) is 10.0. The molecule has 0 saturated carbocycles. The van der Waals surface area contributed by atoms with E-state index in [0.717, 1.165) is 0 Å². The van der Waals surface area contributed by atoms with Gasteiger partial charge in [-0.15, -0.1) is 0 Å².